The highest BCUT2D eigenvalue weighted by molar-refractivity contribution is 5.81. The van der Waals surface area contributed by atoms with Gasteiger partial charge in [-0.1, -0.05) is 142 Å². The maximum atomic E-state index is 12.5. The molecular formula is C40H74O5. The van der Waals surface area contributed by atoms with Crippen LogP contribution in [0.25, 0.3) is 0 Å². The smallest absolute Gasteiger partial charge is 0.336 e. The summed E-state index contributed by atoms with van der Waals surface area (Å²) >= 11 is 0. The second-order valence-corrected chi connectivity index (χ2v) is 13.4. The number of unbranched alkanes of at least 4 members (excludes halogenated alkanes) is 20. The van der Waals surface area contributed by atoms with E-state index in [4.69, 9.17) is 4.74 Å². The first-order valence-corrected chi connectivity index (χ1v) is 19.3. The summed E-state index contributed by atoms with van der Waals surface area (Å²) in [7, 11) is 0. The molecule has 0 rings (SSSR count). The van der Waals surface area contributed by atoms with Crippen LogP contribution in [-0.2, 0) is 14.3 Å². The van der Waals surface area contributed by atoms with E-state index < -0.39 is 23.1 Å². The van der Waals surface area contributed by atoms with Crippen molar-refractivity contribution in [1.29, 1.82) is 0 Å². The second-order valence-electron chi connectivity index (χ2n) is 13.4. The Balaban J connectivity index is 4.49. The molecule has 5 heteroatoms. The Bertz CT molecular complexity index is 698. The van der Waals surface area contributed by atoms with E-state index >= 15 is 0 Å². The SMILES string of the molecule is CCCCCCCCC=CCCCCCCC(CC)(OC(CC)(CCCCCCC=CCCCCCCCC)C(=O)O)C(=O)O. The van der Waals surface area contributed by atoms with Crippen LogP contribution in [0.2, 0.25) is 0 Å². The molecule has 2 N–H and O–H groups in total. The molecule has 264 valence electrons. The van der Waals surface area contributed by atoms with Gasteiger partial charge >= 0.3 is 11.9 Å². The van der Waals surface area contributed by atoms with Crippen LogP contribution in [0.4, 0.5) is 0 Å². The Morgan fingerprint density at radius 3 is 0.978 bits per heavy atom. The third kappa shape index (κ3) is 21.7. The molecule has 2 unspecified atom stereocenters. The van der Waals surface area contributed by atoms with E-state index in [1.807, 2.05) is 13.8 Å². The van der Waals surface area contributed by atoms with E-state index in [0.29, 0.717) is 12.8 Å². The maximum Gasteiger partial charge on any atom is 0.336 e. The normalized spacial score (nSPS) is 14.7. The molecule has 5 nitrogen and oxygen atoms in total. The van der Waals surface area contributed by atoms with Gasteiger partial charge in [0.2, 0.25) is 0 Å². The molecule has 0 aliphatic rings. The van der Waals surface area contributed by atoms with E-state index in [1.54, 1.807) is 0 Å². The summed E-state index contributed by atoms with van der Waals surface area (Å²) in [6.07, 6.45) is 38.5. The number of hydrogen-bond acceptors (Lipinski definition) is 3. The fraction of sp³-hybridized carbons (Fsp3) is 0.850. The lowest BCUT2D eigenvalue weighted by Crippen LogP contribution is -2.53. The largest absolute Gasteiger partial charge is 0.479 e. The van der Waals surface area contributed by atoms with Gasteiger partial charge in [0, 0.05) is 0 Å². The highest BCUT2D eigenvalue weighted by atomic mass is 16.6. The van der Waals surface area contributed by atoms with Crippen LogP contribution in [0.3, 0.4) is 0 Å². The van der Waals surface area contributed by atoms with Crippen LogP contribution in [0.1, 0.15) is 207 Å². The van der Waals surface area contributed by atoms with Crippen molar-refractivity contribution in [2.24, 2.45) is 0 Å². The molecule has 0 spiro atoms. The van der Waals surface area contributed by atoms with E-state index in [-0.39, 0.29) is 12.8 Å². The molecule has 0 saturated carbocycles. The first-order valence-electron chi connectivity index (χ1n) is 19.3. The molecule has 0 aromatic carbocycles. The highest BCUT2D eigenvalue weighted by Gasteiger charge is 2.48. The average Bonchev–Trinajstić information content (AvgIpc) is 3.03. The molecule has 45 heavy (non-hydrogen) atoms. The monoisotopic (exact) mass is 635 g/mol. The van der Waals surface area contributed by atoms with Crippen LogP contribution < -0.4 is 0 Å². The second kappa shape index (κ2) is 29.8. The van der Waals surface area contributed by atoms with Gasteiger partial charge < -0.3 is 14.9 Å². The lowest BCUT2D eigenvalue weighted by molar-refractivity contribution is -0.210. The zero-order chi connectivity index (χ0) is 33.5. The Morgan fingerprint density at radius 2 is 0.711 bits per heavy atom. The number of carboxylic acid groups (broad SMARTS) is 2. The molecule has 0 heterocycles. The molecule has 0 saturated heterocycles. The van der Waals surface area contributed by atoms with Crippen molar-refractivity contribution in [2.75, 3.05) is 0 Å². The van der Waals surface area contributed by atoms with E-state index in [0.717, 1.165) is 64.2 Å². The molecule has 0 aromatic heterocycles. The lowest BCUT2D eigenvalue weighted by Gasteiger charge is -2.39. The van der Waals surface area contributed by atoms with Gasteiger partial charge in [-0.15, -0.1) is 0 Å². The van der Waals surface area contributed by atoms with Gasteiger partial charge in [0.1, 0.15) is 0 Å². The number of aliphatic carboxylic acids is 2. The van der Waals surface area contributed by atoms with E-state index in [9.17, 15) is 19.8 Å². The van der Waals surface area contributed by atoms with Gasteiger partial charge in [-0.3, -0.25) is 0 Å². The maximum absolute atomic E-state index is 12.5. The summed E-state index contributed by atoms with van der Waals surface area (Å²) < 4.78 is 6.25. The van der Waals surface area contributed by atoms with Crippen LogP contribution >= 0.6 is 0 Å². The van der Waals surface area contributed by atoms with Crippen molar-refractivity contribution in [2.45, 2.75) is 219 Å². The fourth-order valence-corrected chi connectivity index (χ4v) is 6.19. The van der Waals surface area contributed by atoms with Crippen molar-refractivity contribution in [3.63, 3.8) is 0 Å². The van der Waals surface area contributed by atoms with Crippen LogP contribution in [-0.4, -0.2) is 33.4 Å². The first kappa shape index (κ1) is 43.4. The van der Waals surface area contributed by atoms with Crippen molar-refractivity contribution in [1.82, 2.24) is 0 Å². The number of carboxylic acids is 2. The van der Waals surface area contributed by atoms with Gasteiger partial charge in [-0.05, 0) is 89.9 Å². The van der Waals surface area contributed by atoms with Crippen molar-refractivity contribution >= 4 is 11.9 Å². The molecule has 0 amide bonds. The number of allylic oxidation sites excluding steroid dienone is 4. The van der Waals surface area contributed by atoms with Gasteiger partial charge in [0.25, 0.3) is 0 Å². The summed E-state index contributed by atoms with van der Waals surface area (Å²) in [6, 6.07) is 0. The molecule has 0 aliphatic heterocycles. The Morgan fingerprint density at radius 1 is 0.444 bits per heavy atom. The number of hydrogen-bond donors (Lipinski definition) is 2. The molecule has 2 atom stereocenters. The van der Waals surface area contributed by atoms with Gasteiger partial charge in [-0.25, -0.2) is 9.59 Å². The van der Waals surface area contributed by atoms with E-state index in [1.165, 1.54) is 89.9 Å². The summed E-state index contributed by atoms with van der Waals surface area (Å²) in [4.78, 5) is 25.0. The number of carbonyl (C=O) groups is 2. The highest BCUT2D eigenvalue weighted by Crippen LogP contribution is 2.35. The predicted molar refractivity (Wildman–Crippen MR) is 192 cm³/mol. The Hall–Kier alpha value is -1.62. The van der Waals surface area contributed by atoms with E-state index in [2.05, 4.69) is 38.2 Å². The molecular weight excluding hydrogens is 560 g/mol. The standard InChI is InChI=1S/C40H74O5/c1-5-9-11-13-15-17-19-21-23-25-27-29-31-33-35-39(7-3,37(41)42)45-40(8-4,38(43)44)36-34-32-30-28-26-24-22-20-18-16-14-12-10-6-2/h21-24H,5-20,25-36H2,1-4H3,(H,41,42)(H,43,44). The quantitative estimate of drug-likeness (QED) is 0.0543. The van der Waals surface area contributed by atoms with Gasteiger partial charge in [0.05, 0.1) is 0 Å². The zero-order valence-electron chi connectivity index (χ0n) is 30.2. The minimum absolute atomic E-state index is 0.267. The molecule has 0 aromatic rings. The third-order valence-corrected chi connectivity index (χ3v) is 9.50. The van der Waals surface area contributed by atoms with Crippen LogP contribution in [0.15, 0.2) is 24.3 Å². The van der Waals surface area contributed by atoms with Crippen molar-refractivity contribution in [3.8, 4) is 0 Å². The predicted octanol–water partition coefficient (Wildman–Crippen LogP) is 12.8. The zero-order valence-corrected chi connectivity index (χ0v) is 30.2. The summed E-state index contributed by atoms with van der Waals surface area (Å²) in [5.74, 6) is -2.07. The number of rotatable bonds is 34. The van der Waals surface area contributed by atoms with Gasteiger partial charge in [0.15, 0.2) is 11.2 Å². The van der Waals surface area contributed by atoms with Crippen molar-refractivity contribution < 1.29 is 24.5 Å². The topological polar surface area (TPSA) is 83.8 Å². The fourth-order valence-electron chi connectivity index (χ4n) is 6.19. The molecule has 0 bridgehead atoms. The summed E-state index contributed by atoms with van der Waals surface area (Å²) in [5, 5.41) is 20.5. The average molecular weight is 635 g/mol. The third-order valence-electron chi connectivity index (χ3n) is 9.50. The molecule has 0 aliphatic carbocycles. The minimum atomic E-state index is -1.45. The van der Waals surface area contributed by atoms with Crippen LogP contribution in [0, 0.1) is 0 Å². The Kier molecular flexibility index (Phi) is 28.7. The molecule has 0 radical (unpaired) electrons. The first-order chi connectivity index (χ1) is 21.8. The minimum Gasteiger partial charge on any atom is -0.479 e. The summed E-state index contributed by atoms with van der Waals surface area (Å²) in [6.45, 7) is 8.12. The van der Waals surface area contributed by atoms with Crippen LogP contribution in [0.5, 0.6) is 0 Å². The molecule has 0 fully saturated rings. The van der Waals surface area contributed by atoms with Gasteiger partial charge in [-0.2, -0.15) is 0 Å². The lowest BCUT2D eigenvalue weighted by atomic mass is 9.87. The van der Waals surface area contributed by atoms with Crippen molar-refractivity contribution in [3.05, 3.63) is 24.3 Å². The Labute approximate surface area is 279 Å². The summed E-state index contributed by atoms with van der Waals surface area (Å²) in [5.41, 5.74) is -2.90. The number of ether oxygens (including phenoxy) is 1.